The first-order valence-electron chi connectivity index (χ1n) is 12.4. The lowest BCUT2D eigenvalue weighted by Gasteiger charge is -2.48. The highest BCUT2D eigenvalue weighted by atomic mass is 35.5. The number of hydrogen-bond donors (Lipinski definition) is 6. The third kappa shape index (κ3) is 6.46. The average molecular weight is 564 g/mol. The summed E-state index contributed by atoms with van der Waals surface area (Å²) in [6.45, 7) is 2.58. The monoisotopic (exact) mass is 563 g/mol. The number of rotatable bonds is 8. The van der Waals surface area contributed by atoms with Gasteiger partial charge in [-0.05, 0) is 24.1 Å². The normalized spacial score (nSPS) is 39.4. The van der Waals surface area contributed by atoms with Crippen molar-refractivity contribution >= 4 is 23.2 Å². The molecule has 38 heavy (non-hydrogen) atoms. The first-order valence-corrected chi connectivity index (χ1v) is 12.7. The Morgan fingerprint density at radius 2 is 1.82 bits per heavy atom. The maximum Gasteiger partial charge on any atom is 0.221 e. The van der Waals surface area contributed by atoms with Crippen LogP contribution < -0.4 is 5.32 Å². The largest absolute Gasteiger partial charge is 0.394 e. The molecule has 1 aromatic carbocycles. The highest BCUT2D eigenvalue weighted by molar-refractivity contribution is 6.33. The minimum atomic E-state index is -1.61. The van der Waals surface area contributed by atoms with Crippen LogP contribution in [0.15, 0.2) is 18.2 Å². The number of aliphatic hydroxyl groups is 5. The van der Waals surface area contributed by atoms with Crippen molar-refractivity contribution in [2.75, 3.05) is 18.5 Å². The molecule has 14 heteroatoms. The Balaban J connectivity index is 1.38. The standard InChI is InChI=1S/C24H34ClNO12/c1-3-16-33-9-15-22(37-16)18(30)20(32)24(36-15)38-21-14(7-27)35-23(19(31)17(21)29)34-8-11-4-5-12(25)13(6-11)26-10(2)28/h4-6,14-24,27,29-32H,3,7-9H2,1-2H3,(H,26,28)/t14-,15-,16?,17-,18-,19-,20-,21-,22-,23-,24-/m1/s1. The topological polar surface area (TPSA) is 186 Å². The molecule has 11 atom stereocenters. The Morgan fingerprint density at radius 1 is 1.08 bits per heavy atom. The van der Waals surface area contributed by atoms with Crippen LogP contribution in [0.2, 0.25) is 5.02 Å². The van der Waals surface area contributed by atoms with Crippen molar-refractivity contribution in [2.24, 2.45) is 0 Å². The van der Waals surface area contributed by atoms with Gasteiger partial charge in [-0.15, -0.1) is 0 Å². The van der Waals surface area contributed by atoms with Crippen molar-refractivity contribution in [2.45, 2.75) is 94.6 Å². The van der Waals surface area contributed by atoms with Crippen LogP contribution in [0.25, 0.3) is 0 Å². The molecule has 3 heterocycles. The summed E-state index contributed by atoms with van der Waals surface area (Å²) >= 11 is 6.08. The van der Waals surface area contributed by atoms with Crippen molar-refractivity contribution in [3.05, 3.63) is 28.8 Å². The summed E-state index contributed by atoms with van der Waals surface area (Å²) in [6, 6.07) is 4.81. The third-order valence-electron chi connectivity index (χ3n) is 6.60. The molecule has 13 nitrogen and oxygen atoms in total. The maximum atomic E-state index is 11.4. The zero-order valence-corrected chi connectivity index (χ0v) is 21.6. The van der Waals surface area contributed by atoms with Crippen LogP contribution in [-0.2, 0) is 39.8 Å². The number of hydrogen-bond acceptors (Lipinski definition) is 12. The van der Waals surface area contributed by atoms with E-state index in [4.69, 9.17) is 40.0 Å². The molecule has 214 valence electrons. The van der Waals surface area contributed by atoms with Gasteiger partial charge in [0.15, 0.2) is 18.9 Å². The van der Waals surface area contributed by atoms with Crippen LogP contribution in [0, 0.1) is 0 Å². The van der Waals surface area contributed by atoms with Gasteiger partial charge in [0, 0.05) is 6.92 Å². The Kier molecular flexibility index (Phi) is 9.95. The molecule has 1 amide bonds. The Morgan fingerprint density at radius 3 is 2.50 bits per heavy atom. The molecule has 0 aromatic heterocycles. The molecule has 4 rings (SSSR count). The smallest absolute Gasteiger partial charge is 0.221 e. The number of carbonyl (C=O) groups is 1. The minimum Gasteiger partial charge on any atom is -0.394 e. The molecule has 3 saturated heterocycles. The second kappa shape index (κ2) is 12.8. The Bertz CT molecular complexity index is 951. The zero-order chi connectivity index (χ0) is 27.6. The molecule has 0 bridgehead atoms. The summed E-state index contributed by atoms with van der Waals surface area (Å²) in [7, 11) is 0. The van der Waals surface area contributed by atoms with Gasteiger partial charge in [0.25, 0.3) is 0 Å². The molecule has 0 saturated carbocycles. The average Bonchev–Trinajstić information content (AvgIpc) is 2.90. The van der Waals surface area contributed by atoms with Gasteiger partial charge in [-0.1, -0.05) is 24.6 Å². The zero-order valence-electron chi connectivity index (χ0n) is 20.9. The van der Waals surface area contributed by atoms with Crippen molar-refractivity contribution in [3.63, 3.8) is 0 Å². The van der Waals surface area contributed by atoms with Gasteiger partial charge in [-0.25, -0.2) is 0 Å². The third-order valence-corrected chi connectivity index (χ3v) is 6.93. The van der Waals surface area contributed by atoms with Crippen LogP contribution in [0.3, 0.4) is 0 Å². The fourth-order valence-electron chi connectivity index (χ4n) is 4.59. The van der Waals surface area contributed by atoms with E-state index < -0.39 is 74.3 Å². The van der Waals surface area contributed by atoms with Gasteiger partial charge >= 0.3 is 0 Å². The fraction of sp³-hybridized carbons (Fsp3) is 0.708. The van der Waals surface area contributed by atoms with E-state index in [1.165, 1.54) is 6.92 Å². The fourth-order valence-corrected chi connectivity index (χ4v) is 4.76. The van der Waals surface area contributed by atoms with E-state index in [0.717, 1.165) is 0 Å². The highest BCUT2D eigenvalue weighted by Gasteiger charge is 2.52. The van der Waals surface area contributed by atoms with E-state index in [-0.39, 0.29) is 19.1 Å². The summed E-state index contributed by atoms with van der Waals surface area (Å²) in [5.41, 5.74) is 0.966. The summed E-state index contributed by atoms with van der Waals surface area (Å²) < 4.78 is 33.9. The van der Waals surface area contributed by atoms with Gasteiger partial charge < -0.3 is 59.3 Å². The number of ether oxygens (including phenoxy) is 6. The van der Waals surface area contributed by atoms with Crippen LogP contribution >= 0.6 is 11.6 Å². The first kappa shape index (κ1) is 29.5. The molecular formula is C24H34ClNO12. The van der Waals surface area contributed by atoms with Gasteiger partial charge in [-0.2, -0.15) is 0 Å². The lowest BCUT2D eigenvalue weighted by molar-refractivity contribution is -0.384. The number of amides is 1. The second-order valence-corrected chi connectivity index (χ2v) is 9.82. The van der Waals surface area contributed by atoms with Gasteiger partial charge in [-0.3, -0.25) is 4.79 Å². The molecule has 3 aliphatic rings. The van der Waals surface area contributed by atoms with Crippen molar-refractivity contribution < 1.29 is 58.7 Å². The molecular weight excluding hydrogens is 530 g/mol. The van der Waals surface area contributed by atoms with Crippen LogP contribution in [-0.4, -0.2) is 112 Å². The summed E-state index contributed by atoms with van der Waals surface area (Å²) in [5.74, 6) is -0.306. The number of aliphatic hydroxyl groups excluding tert-OH is 5. The first-order chi connectivity index (χ1) is 18.1. The summed E-state index contributed by atoms with van der Waals surface area (Å²) in [5, 5.41) is 55.5. The number of halogens is 1. The molecule has 1 unspecified atom stereocenters. The van der Waals surface area contributed by atoms with Crippen molar-refractivity contribution in [1.29, 1.82) is 0 Å². The van der Waals surface area contributed by atoms with E-state index in [1.54, 1.807) is 18.2 Å². The van der Waals surface area contributed by atoms with Crippen LogP contribution in [0.5, 0.6) is 0 Å². The molecule has 3 aliphatic heterocycles. The Labute approximate surface area is 224 Å². The molecule has 0 spiro atoms. The second-order valence-electron chi connectivity index (χ2n) is 9.41. The van der Waals surface area contributed by atoms with Crippen molar-refractivity contribution in [3.8, 4) is 0 Å². The van der Waals surface area contributed by atoms with Crippen LogP contribution in [0.4, 0.5) is 5.69 Å². The van der Waals surface area contributed by atoms with E-state index in [9.17, 15) is 30.3 Å². The van der Waals surface area contributed by atoms with E-state index in [0.29, 0.717) is 22.7 Å². The van der Waals surface area contributed by atoms with Gasteiger partial charge in [0.05, 0.1) is 30.5 Å². The Hall–Kier alpha value is -1.46. The quantitative estimate of drug-likeness (QED) is 0.232. The predicted molar refractivity (Wildman–Crippen MR) is 129 cm³/mol. The molecule has 1 aromatic rings. The summed E-state index contributed by atoms with van der Waals surface area (Å²) in [6.07, 6.45) is -13.0. The van der Waals surface area contributed by atoms with Gasteiger partial charge in [0.1, 0.15) is 48.8 Å². The summed E-state index contributed by atoms with van der Waals surface area (Å²) in [4.78, 5) is 11.4. The number of fused-ring (bicyclic) bond motifs is 1. The molecule has 6 N–H and O–H groups in total. The molecule has 0 radical (unpaired) electrons. The maximum absolute atomic E-state index is 11.4. The predicted octanol–water partition coefficient (Wildman–Crippen LogP) is -0.763. The molecule has 0 aliphatic carbocycles. The van der Waals surface area contributed by atoms with E-state index >= 15 is 0 Å². The van der Waals surface area contributed by atoms with Crippen LogP contribution in [0.1, 0.15) is 25.8 Å². The SMILES string of the molecule is CCC1OC[C@H]2O[C@H](O[C@H]3[C@H](O)[C@@H](O)[C@H](OCc4ccc(Cl)c(NC(C)=O)c4)O[C@@H]3CO)[C@H](O)[C@@H](O)[C@@H]2O1. The highest BCUT2D eigenvalue weighted by Crippen LogP contribution is 2.33. The number of benzene rings is 1. The number of nitrogens with one attached hydrogen (secondary N) is 1. The van der Waals surface area contributed by atoms with Crippen molar-refractivity contribution in [1.82, 2.24) is 0 Å². The number of carbonyl (C=O) groups excluding carboxylic acids is 1. The number of anilines is 1. The lowest BCUT2D eigenvalue weighted by Crippen LogP contribution is -2.66. The van der Waals surface area contributed by atoms with E-state index in [1.807, 2.05) is 6.92 Å². The lowest BCUT2D eigenvalue weighted by atomic mass is 9.96. The minimum absolute atomic E-state index is 0.0830. The molecule has 3 fully saturated rings. The van der Waals surface area contributed by atoms with E-state index in [2.05, 4.69) is 5.32 Å². The van der Waals surface area contributed by atoms with Gasteiger partial charge in [0.2, 0.25) is 5.91 Å².